The van der Waals surface area contributed by atoms with Crippen LogP contribution >= 0.6 is 11.8 Å². The number of likely N-dealkylation sites (tertiary alicyclic amines) is 1. The van der Waals surface area contributed by atoms with Gasteiger partial charge in [0.2, 0.25) is 5.91 Å². The zero-order chi connectivity index (χ0) is 24.9. The van der Waals surface area contributed by atoms with Crippen LogP contribution in [0.5, 0.6) is 0 Å². The highest BCUT2D eigenvalue weighted by Crippen LogP contribution is 2.37. The summed E-state index contributed by atoms with van der Waals surface area (Å²) in [6, 6.07) is 26.2. The number of amides is 1. The highest BCUT2D eigenvalue weighted by Gasteiger charge is 2.27. The number of benzene rings is 3. The molecular formula is C29H31N5OS. The quantitative estimate of drug-likeness (QED) is 0.305. The number of carbonyl (C=O) groups is 1. The Balaban J connectivity index is 1.50. The van der Waals surface area contributed by atoms with Crippen LogP contribution in [0.3, 0.4) is 0 Å². The lowest BCUT2D eigenvalue weighted by Gasteiger charge is -2.19. The van der Waals surface area contributed by atoms with Crippen molar-refractivity contribution < 1.29 is 4.79 Å². The Labute approximate surface area is 216 Å². The molecule has 6 nitrogen and oxygen atoms in total. The van der Waals surface area contributed by atoms with E-state index in [4.69, 9.17) is 0 Å². The van der Waals surface area contributed by atoms with E-state index in [1.807, 2.05) is 74.5 Å². The molecule has 1 atom stereocenters. The van der Waals surface area contributed by atoms with E-state index in [1.165, 1.54) is 24.6 Å². The number of rotatable bonds is 8. The molecule has 4 aromatic rings. The molecule has 36 heavy (non-hydrogen) atoms. The van der Waals surface area contributed by atoms with Crippen molar-refractivity contribution in [2.45, 2.75) is 43.6 Å². The molecule has 1 N–H and O–H groups in total. The van der Waals surface area contributed by atoms with Crippen molar-refractivity contribution in [3.05, 3.63) is 101 Å². The van der Waals surface area contributed by atoms with Gasteiger partial charge in [-0.2, -0.15) is 0 Å². The first-order valence-electron chi connectivity index (χ1n) is 12.4. The van der Waals surface area contributed by atoms with Crippen LogP contribution in [0.4, 0.5) is 5.69 Å². The van der Waals surface area contributed by atoms with Crippen LogP contribution in [0.1, 0.15) is 40.6 Å². The lowest BCUT2D eigenvalue weighted by Crippen LogP contribution is -2.22. The second-order valence-electron chi connectivity index (χ2n) is 9.27. The summed E-state index contributed by atoms with van der Waals surface area (Å²) in [5, 5.41) is 12.6. The fourth-order valence-electron chi connectivity index (χ4n) is 4.53. The Morgan fingerprint density at radius 1 is 0.944 bits per heavy atom. The Morgan fingerprint density at radius 3 is 2.36 bits per heavy atom. The molecule has 2 heterocycles. The van der Waals surface area contributed by atoms with Crippen molar-refractivity contribution in [2.75, 3.05) is 18.4 Å². The van der Waals surface area contributed by atoms with Crippen molar-refractivity contribution in [1.29, 1.82) is 0 Å². The normalized spacial score (nSPS) is 14.6. The summed E-state index contributed by atoms with van der Waals surface area (Å²) in [5.74, 6) is 0.816. The molecule has 1 fully saturated rings. The van der Waals surface area contributed by atoms with Crippen LogP contribution in [-0.2, 0) is 11.3 Å². The van der Waals surface area contributed by atoms with Crippen molar-refractivity contribution >= 4 is 23.4 Å². The van der Waals surface area contributed by atoms with Crippen molar-refractivity contribution in [3.63, 3.8) is 0 Å². The van der Waals surface area contributed by atoms with Gasteiger partial charge in [0.15, 0.2) is 11.0 Å². The third-order valence-electron chi connectivity index (χ3n) is 6.49. The van der Waals surface area contributed by atoms with E-state index in [1.54, 1.807) is 0 Å². The van der Waals surface area contributed by atoms with Gasteiger partial charge < -0.3 is 5.32 Å². The van der Waals surface area contributed by atoms with Gasteiger partial charge in [-0.25, -0.2) is 0 Å². The molecule has 0 radical (unpaired) electrons. The third-order valence-corrected chi connectivity index (χ3v) is 7.69. The van der Waals surface area contributed by atoms with Crippen molar-refractivity contribution in [2.24, 2.45) is 0 Å². The second-order valence-corrected chi connectivity index (χ2v) is 10.3. The maximum absolute atomic E-state index is 13.7. The average molecular weight is 498 g/mol. The molecule has 0 aliphatic carbocycles. The predicted molar refractivity (Wildman–Crippen MR) is 145 cm³/mol. The Morgan fingerprint density at radius 2 is 1.64 bits per heavy atom. The highest BCUT2D eigenvalue weighted by molar-refractivity contribution is 8.00. The van der Waals surface area contributed by atoms with E-state index in [-0.39, 0.29) is 5.91 Å². The van der Waals surface area contributed by atoms with Crippen LogP contribution in [-0.4, -0.2) is 38.7 Å². The molecule has 3 aromatic carbocycles. The Bertz CT molecular complexity index is 1320. The molecular weight excluding hydrogens is 466 g/mol. The maximum Gasteiger partial charge on any atom is 0.242 e. The van der Waals surface area contributed by atoms with Gasteiger partial charge in [-0.3, -0.25) is 14.3 Å². The molecule has 0 saturated carbocycles. The largest absolute Gasteiger partial charge is 0.325 e. The summed E-state index contributed by atoms with van der Waals surface area (Å²) < 4.78 is 2.10. The summed E-state index contributed by atoms with van der Waals surface area (Å²) in [7, 11) is 0. The van der Waals surface area contributed by atoms with Crippen LogP contribution in [0.15, 0.2) is 84.0 Å². The molecule has 1 amide bonds. The molecule has 1 saturated heterocycles. The Hall–Kier alpha value is -3.42. The van der Waals surface area contributed by atoms with Crippen LogP contribution in [0.2, 0.25) is 0 Å². The zero-order valence-corrected chi connectivity index (χ0v) is 21.5. The summed E-state index contributed by atoms with van der Waals surface area (Å²) in [6.07, 6.45) is 2.44. The lowest BCUT2D eigenvalue weighted by molar-refractivity contribution is -0.115. The number of thioether (sulfide) groups is 1. The number of hydrogen-bond donors (Lipinski definition) is 1. The van der Waals surface area contributed by atoms with E-state index in [0.717, 1.165) is 53.5 Å². The van der Waals surface area contributed by atoms with Gasteiger partial charge in [0.25, 0.3) is 0 Å². The van der Waals surface area contributed by atoms with Gasteiger partial charge in [-0.15, -0.1) is 10.2 Å². The van der Waals surface area contributed by atoms with Gasteiger partial charge in [0.1, 0.15) is 5.25 Å². The van der Waals surface area contributed by atoms with Gasteiger partial charge in [0.05, 0.1) is 6.54 Å². The number of para-hydroxylation sites is 1. The number of nitrogens with one attached hydrogen (secondary N) is 1. The van der Waals surface area contributed by atoms with E-state index >= 15 is 0 Å². The van der Waals surface area contributed by atoms with E-state index in [0.29, 0.717) is 5.16 Å². The minimum Gasteiger partial charge on any atom is -0.325 e. The lowest BCUT2D eigenvalue weighted by atomic mass is 10.1. The van der Waals surface area contributed by atoms with Gasteiger partial charge in [-0.1, -0.05) is 72.4 Å². The van der Waals surface area contributed by atoms with Crippen molar-refractivity contribution in [1.82, 2.24) is 19.7 Å². The molecule has 0 bridgehead atoms. The monoisotopic (exact) mass is 497 g/mol. The molecule has 0 spiro atoms. The topological polar surface area (TPSA) is 63.1 Å². The number of aromatic nitrogens is 3. The van der Waals surface area contributed by atoms with E-state index < -0.39 is 5.25 Å². The molecule has 0 unspecified atom stereocenters. The second kappa shape index (κ2) is 11.1. The average Bonchev–Trinajstić information content (AvgIpc) is 3.56. The SMILES string of the molecule is Cc1ccc(C)c(NC(=O)[C@H](Sc2nnc(CN3CCCC3)n2-c2ccccc2)c2ccccc2)c1. The van der Waals surface area contributed by atoms with Gasteiger partial charge in [0, 0.05) is 11.4 Å². The molecule has 1 aliphatic heterocycles. The smallest absolute Gasteiger partial charge is 0.242 e. The van der Waals surface area contributed by atoms with Crippen LogP contribution in [0, 0.1) is 13.8 Å². The van der Waals surface area contributed by atoms with Crippen LogP contribution < -0.4 is 5.32 Å². The molecule has 1 aliphatic rings. The fraction of sp³-hybridized carbons (Fsp3) is 0.276. The molecule has 1 aromatic heterocycles. The van der Waals surface area contributed by atoms with Gasteiger partial charge in [-0.05, 0) is 74.7 Å². The minimum absolute atomic E-state index is 0.0800. The van der Waals surface area contributed by atoms with Gasteiger partial charge >= 0.3 is 0 Å². The molecule has 184 valence electrons. The first kappa shape index (κ1) is 24.3. The zero-order valence-electron chi connectivity index (χ0n) is 20.7. The van der Waals surface area contributed by atoms with E-state index in [9.17, 15) is 4.79 Å². The number of aryl methyl sites for hydroxylation is 2. The minimum atomic E-state index is -0.489. The summed E-state index contributed by atoms with van der Waals surface area (Å²) >= 11 is 1.44. The maximum atomic E-state index is 13.7. The summed E-state index contributed by atoms with van der Waals surface area (Å²) in [6.45, 7) is 6.94. The first-order valence-corrected chi connectivity index (χ1v) is 13.3. The predicted octanol–water partition coefficient (Wildman–Crippen LogP) is 5.95. The standard InChI is InChI=1S/C29H31N5OS/c1-21-15-16-22(2)25(19-21)30-28(35)27(23-11-5-3-6-12-23)36-29-32-31-26(20-33-17-9-10-18-33)34(29)24-13-7-4-8-14-24/h3-8,11-16,19,27H,9-10,17-18,20H2,1-2H3,(H,30,35)/t27-/m1/s1. The first-order chi connectivity index (χ1) is 17.6. The molecule has 5 rings (SSSR count). The summed E-state index contributed by atoms with van der Waals surface area (Å²) in [4.78, 5) is 16.1. The Kier molecular flexibility index (Phi) is 7.49. The number of carbonyl (C=O) groups excluding carboxylic acids is 1. The van der Waals surface area contributed by atoms with Crippen molar-refractivity contribution in [3.8, 4) is 5.69 Å². The number of hydrogen-bond acceptors (Lipinski definition) is 5. The third kappa shape index (κ3) is 5.53. The highest BCUT2D eigenvalue weighted by atomic mass is 32.2. The number of nitrogens with zero attached hydrogens (tertiary/aromatic N) is 4. The molecule has 7 heteroatoms. The number of anilines is 1. The fourth-order valence-corrected chi connectivity index (χ4v) is 5.61. The van der Waals surface area contributed by atoms with Crippen LogP contribution in [0.25, 0.3) is 5.69 Å². The summed E-state index contributed by atoms with van der Waals surface area (Å²) in [5.41, 5.74) is 4.90. The van der Waals surface area contributed by atoms with E-state index in [2.05, 4.69) is 43.2 Å².